The topological polar surface area (TPSA) is 99.7 Å². The molecule has 1 aliphatic carbocycles. The van der Waals surface area contributed by atoms with Crippen LogP contribution in [0, 0.1) is 11.8 Å². The number of piperazine rings is 1. The van der Waals surface area contributed by atoms with Gasteiger partial charge in [-0.2, -0.15) is 0 Å². The van der Waals surface area contributed by atoms with Crippen LogP contribution in [0.4, 0.5) is 11.6 Å². The van der Waals surface area contributed by atoms with Crippen molar-refractivity contribution in [2.24, 2.45) is 11.8 Å². The van der Waals surface area contributed by atoms with E-state index < -0.39 is 0 Å². The van der Waals surface area contributed by atoms with Gasteiger partial charge in [0.1, 0.15) is 0 Å². The molecule has 1 aromatic carbocycles. The predicted octanol–water partition coefficient (Wildman–Crippen LogP) is 3.09. The van der Waals surface area contributed by atoms with Crippen molar-refractivity contribution in [2.45, 2.75) is 25.7 Å². The molecular formula is C26H35BrN6O3. The van der Waals surface area contributed by atoms with Gasteiger partial charge in [-0.15, -0.1) is 0 Å². The maximum absolute atomic E-state index is 12.8. The summed E-state index contributed by atoms with van der Waals surface area (Å²) in [6, 6.07) is 7.44. The van der Waals surface area contributed by atoms with Gasteiger partial charge in [-0.05, 0) is 72.4 Å². The zero-order chi connectivity index (χ0) is 25.5. The van der Waals surface area contributed by atoms with Crippen LogP contribution in [0.3, 0.4) is 0 Å². The highest BCUT2D eigenvalue weighted by atomic mass is 79.9. The van der Waals surface area contributed by atoms with Crippen LogP contribution in [0.2, 0.25) is 0 Å². The number of carbonyl (C=O) groups is 2. The van der Waals surface area contributed by atoms with Crippen LogP contribution in [0.15, 0.2) is 34.9 Å². The van der Waals surface area contributed by atoms with Gasteiger partial charge in [0.25, 0.3) is 5.91 Å². The average Bonchev–Trinajstić information content (AvgIpc) is 3.35. The second kappa shape index (κ2) is 12.6. The molecule has 2 atom stereocenters. The number of rotatable bonds is 9. The summed E-state index contributed by atoms with van der Waals surface area (Å²) in [6.07, 6.45) is 5.40. The van der Waals surface area contributed by atoms with Gasteiger partial charge < -0.3 is 25.2 Å². The van der Waals surface area contributed by atoms with Gasteiger partial charge in [0.05, 0.1) is 16.8 Å². The second-order valence-corrected chi connectivity index (χ2v) is 10.4. The van der Waals surface area contributed by atoms with Gasteiger partial charge >= 0.3 is 0 Å². The van der Waals surface area contributed by atoms with E-state index in [2.05, 4.69) is 43.5 Å². The first-order chi connectivity index (χ1) is 17.4. The highest BCUT2D eigenvalue weighted by molar-refractivity contribution is 9.10. The normalized spacial score (nSPS) is 20.4. The van der Waals surface area contributed by atoms with Crippen LogP contribution in [-0.4, -0.2) is 85.1 Å². The van der Waals surface area contributed by atoms with Crippen molar-refractivity contribution in [1.82, 2.24) is 25.1 Å². The van der Waals surface area contributed by atoms with Crippen LogP contribution >= 0.6 is 15.9 Å². The number of methoxy groups -OCH3 is 1. The van der Waals surface area contributed by atoms with E-state index in [1.165, 1.54) is 0 Å². The molecule has 1 aliphatic heterocycles. The summed E-state index contributed by atoms with van der Waals surface area (Å²) in [5.74, 6) is 0.890. The number of hydrogen-bond acceptors (Lipinski definition) is 7. The minimum atomic E-state index is -0.00878. The van der Waals surface area contributed by atoms with Gasteiger partial charge in [-0.1, -0.05) is 6.42 Å². The Morgan fingerprint density at radius 1 is 1.14 bits per heavy atom. The van der Waals surface area contributed by atoms with E-state index in [0.717, 1.165) is 61.3 Å². The van der Waals surface area contributed by atoms with E-state index in [1.807, 2.05) is 29.2 Å². The molecule has 0 radical (unpaired) electrons. The summed E-state index contributed by atoms with van der Waals surface area (Å²) in [7, 11) is 3.70. The monoisotopic (exact) mass is 558 g/mol. The molecule has 1 aromatic heterocycles. The van der Waals surface area contributed by atoms with E-state index >= 15 is 0 Å². The Hall–Kier alpha value is -2.56. The third kappa shape index (κ3) is 6.80. The van der Waals surface area contributed by atoms with Crippen molar-refractivity contribution >= 4 is 39.4 Å². The van der Waals surface area contributed by atoms with Crippen molar-refractivity contribution in [2.75, 3.05) is 58.8 Å². The molecule has 2 aromatic rings. The minimum Gasteiger partial charge on any atom is -0.383 e. The smallest absolute Gasteiger partial charge is 0.253 e. The van der Waals surface area contributed by atoms with Crippen LogP contribution in [-0.2, 0) is 16.0 Å². The number of hydrogen-bond donors (Lipinski definition) is 2. The van der Waals surface area contributed by atoms with Crippen molar-refractivity contribution in [1.29, 1.82) is 0 Å². The van der Waals surface area contributed by atoms with Crippen molar-refractivity contribution in [3.05, 3.63) is 46.2 Å². The third-order valence-electron chi connectivity index (χ3n) is 7.05. The van der Waals surface area contributed by atoms with Gasteiger partial charge in [-0.25, -0.2) is 9.97 Å². The molecule has 2 heterocycles. The van der Waals surface area contributed by atoms with Crippen molar-refractivity contribution in [3.8, 4) is 0 Å². The summed E-state index contributed by atoms with van der Waals surface area (Å²) >= 11 is 3.58. The van der Waals surface area contributed by atoms with Gasteiger partial charge in [0.2, 0.25) is 11.9 Å². The summed E-state index contributed by atoms with van der Waals surface area (Å²) in [4.78, 5) is 38.7. The van der Waals surface area contributed by atoms with E-state index in [1.54, 1.807) is 13.3 Å². The van der Waals surface area contributed by atoms with Crippen LogP contribution in [0.1, 0.15) is 35.3 Å². The first-order valence-corrected chi connectivity index (χ1v) is 13.4. The molecule has 4 rings (SSSR count). The Kier molecular flexibility index (Phi) is 9.28. The molecular weight excluding hydrogens is 524 g/mol. The number of anilines is 2. The lowest BCUT2D eigenvalue weighted by Crippen LogP contribution is -2.47. The Bertz CT molecular complexity index is 1040. The lowest BCUT2D eigenvalue weighted by Gasteiger charge is -2.32. The van der Waals surface area contributed by atoms with E-state index in [4.69, 9.17) is 9.72 Å². The molecule has 2 amide bonds. The number of amides is 2. The Balaban J connectivity index is 1.37. The largest absolute Gasteiger partial charge is 0.383 e. The summed E-state index contributed by atoms with van der Waals surface area (Å²) in [5.41, 5.74) is 2.38. The lowest BCUT2D eigenvalue weighted by molar-refractivity contribution is -0.126. The standard InChI is InChI=1S/C26H35BrN6O3/c1-32-11-13-33(14-12-32)25(35)18-6-8-20(9-7-18)30-26-29-17-22(27)23(31-26)16-19-4-3-5-21(19)24(34)28-10-15-36-2/h6-9,17,19,21H,3-5,10-16H2,1-2H3,(H,28,34)(H,29,30,31)/t19-,21-/m0/s1. The highest BCUT2D eigenvalue weighted by Gasteiger charge is 2.33. The predicted molar refractivity (Wildman–Crippen MR) is 142 cm³/mol. The fraction of sp³-hybridized carbons (Fsp3) is 0.538. The zero-order valence-electron chi connectivity index (χ0n) is 21.0. The molecule has 36 heavy (non-hydrogen) atoms. The number of likely N-dealkylation sites (N-methyl/N-ethyl adjacent to an activating group) is 1. The van der Waals surface area contributed by atoms with Gasteiger partial charge in [0, 0.05) is 63.2 Å². The molecule has 2 fully saturated rings. The average molecular weight is 560 g/mol. The van der Waals surface area contributed by atoms with Crippen molar-refractivity contribution < 1.29 is 14.3 Å². The number of carbonyl (C=O) groups excluding carboxylic acids is 2. The summed E-state index contributed by atoms with van der Waals surface area (Å²) in [5, 5.41) is 6.23. The summed E-state index contributed by atoms with van der Waals surface area (Å²) < 4.78 is 5.88. The molecule has 0 bridgehead atoms. The van der Waals surface area contributed by atoms with Gasteiger partial charge in [-0.3, -0.25) is 9.59 Å². The molecule has 10 heteroatoms. The van der Waals surface area contributed by atoms with E-state index in [-0.39, 0.29) is 23.7 Å². The molecule has 1 saturated carbocycles. The SMILES string of the molecule is COCCNC(=O)[C@H]1CCC[C@H]1Cc1nc(Nc2ccc(C(=O)N3CCN(C)CC3)cc2)ncc1Br. The number of halogens is 1. The lowest BCUT2D eigenvalue weighted by atomic mass is 9.90. The van der Waals surface area contributed by atoms with E-state index in [9.17, 15) is 9.59 Å². The molecule has 2 N–H and O–H groups in total. The number of nitrogens with zero attached hydrogens (tertiary/aromatic N) is 4. The van der Waals surface area contributed by atoms with Crippen LogP contribution in [0.25, 0.3) is 0 Å². The number of ether oxygens (including phenoxy) is 1. The highest BCUT2D eigenvalue weighted by Crippen LogP contribution is 2.35. The molecule has 0 unspecified atom stereocenters. The third-order valence-corrected chi connectivity index (χ3v) is 7.71. The fourth-order valence-corrected chi connectivity index (χ4v) is 5.26. The van der Waals surface area contributed by atoms with Crippen LogP contribution in [0.5, 0.6) is 0 Å². The second-order valence-electron chi connectivity index (χ2n) is 9.57. The zero-order valence-corrected chi connectivity index (χ0v) is 22.6. The first kappa shape index (κ1) is 26.5. The molecule has 194 valence electrons. The van der Waals surface area contributed by atoms with Crippen LogP contribution < -0.4 is 10.6 Å². The summed E-state index contributed by atoms with van der Waals surface area (Å²) in [6.45, 7) is 4.34. The molecule has 2 aliphatic rings. The Morgan fingerprint density at radius 3 is 2.61 bits per heavy atom. The minimum absolute atomic E-state index is 0.00878. The molecule has 0 spiro atoms. The molecule has 9 nitrogen and oxygen atoms in total. The van der Waals surface area contributed by atoms with Gasteiger partial charge in [0.15, 0.2) is 0 Å². The Morgan fingerprint density at radius 2 is 1.89 bits per heavy atom. The van der Waals surface area contributed by atoms with E-state index in [0.29, 0.717) is 31.1 Å². The number of benzene rings is 1. The fourth-order valence-electron chi connectivity index (χ4n) is 4.91. The quantitative estimate of drug-likeness (QED) is 0.456. The maximum Gasteiger partial charge on any atom is 0.253 e. The maximum atomic E-state index is 12.8. The first-order valence-electron chi connectivity index (χ1n) is 12.6. The number of aromatic nitrogens is 2. The van der Waals surface area contributed by atoms with Crippen molar-refractivity contribution in [3.63, 3.8) is 0 Å². The molecule has 1 saturated heterocycles. The number of nitrogens with one attached hydrogen (secondary N) is 2. The Labute approximate surface area is 221 Å².